The Hall–Kier alpha value is -1.68. The van der Waals surface area contributed by atoms with E-state index in [2.05, 4.69) is 0 Å². The molecule has 0 saturated heterocycles. The van der Waals surface area contributed by atoms with Crippen LogP contribution in [0.2, 0.25) is 0 Å². The second-order valence-electron chi connectivity index (χ2n) is 4.53. The van der Waals surface area contributed by atoms with Gasteiger partial charge in [0, 0.05) is 18.4 Å². The van der Waals surface area contributed by atoms with Crippen LogP contribution in [-0.4, -0.2) is 18.7 Å². The third-order valence-electron chi connectivity index (χ3n) is 3.40. The molecule has 4 nitrogen and oxygen atoms in total. The number of carbonyl (C=O) groups is 2. The summed E-state index contributed by atoms with van der Waals surface area (Å²) in [4.78, 5) is 23.8. The molecule has 0 aromatic heterocycles. The molecule has 1 aliphatic carbocycles. The van der Waals surface area contributed by atoms with Crippen molar-refractivity contribution < 1.29 is 14.3 Å². The summed E-state index contributed by atoms with van der Waals surface area (Å²) in [5, 5.41) is 0. The molecule has 1 unspecified atom stereocenters. The molecule has 4 heteroatoms. The van der Waals surface area contributed by atoms with Gasteiger partial charge in [0.15, 0.2) is 0 Å². The number of Topliss-reactive ketones (excluding diaryl/α,β-unsaturated/α-hetero) is 2. The highest BCUT2D eigenvalue weighted by molar-refractivity contribution is 6.05. The van der Waals surface area contributed by atoms with Gasteiger partial charge in [-0.3, -0.25) is 9.59 Å². The Labute approximate surface area is 106 Å². The lowest BCUT2D eigenvalue weighted by Gasteiger charge is -2.26. The molecule has 96 valence electrons. The Morgan fingerprint density at radius 2 is 1.83 bits per heavy atom. The van der Waals surface area contributed by atoms with Crippen LogP contribution in [-0.2, 0) is 9.59 Å². The summed E-state index contributed by atoms with van der Waals surface area (Å²) < 4.78 is 5.23. The third-order valence-corrected chi connectivity index (χ3v) is 3.40. The molecule has 0 bridgehead atoms. The zero-order valence-electron chi connectivity index (χ0n) is 10.4. The summed E-state index contributed by atoms with van der Waals surface area (Å²) >= 11 is 0. The smallest absolute Gasteiger partial charge is 0.145 e. The van der Waals surface area contributed by atoms with Crippen LogP contribution in [0.25, 0.3) is 0 Å². The molecule has 1 fully saturated rings. The summed E-state index contributed by atoms with van der Waals surface area (Å²) in [6.07, 6.45) is 1.53. The highest BCUT2D eigenvalue weighted by Gasteiger charge is 2.36. The summed E-state index contributed by atoms with van der Waals surface area (Å²) in [7, 11) is 1.55. The number of hydrogen-bond donors (Lipinski definition) is 1. The lowest BCUT2D eigenvalue weighted by molar-refractivity contribution is -0.136. The van der Waals surface area contributed by atoms with E-state index in [1.807, 2.05) is 12.1 Å². The Bertz CT molecular complexity index is 454. The van der Waals surface area contributed by atoms with Gasteiger partial charge in [-0.25, -0.2) is 0 Å². The molecule has 1 aromatic carbocycles. The lowest BCUT2D eigenvalue weighted by atomic mass is 9.79. The van der Waals surface area contributed by atoms with Crippen LogP contribution in [0.4, 0.5) is 0 Å². The van der Waals surface area contributed by atoms with E-state index in [-0.39, 0.29) is 11.6 Å². The molecule has 2 N–H and O–H groups in total. The van der Waals surface area contributed by atoms with Crippen molar-refractivity contribution in [3.63, 3.8) is 0 Å². The third kappa shape index (κ3) is 2.29. The maximum absolute atomic E-state index is 11.9. The second kappa shape index (κ2) is 5.31. The second-order valence-corrected chi connectivity index (χ2v) is 4.53. The number of methoxy groups -OCH3 is 1. The predicted octanol–water partition coefficient (Wildman–Crippen LogP) is 1.63. The number of rotatable bonds is 3. The van der Waals surface area contributed by atoms with Crippen LogP contribution in [0.3, 0.4) is 0 Å². The first-order valence-corrected chi connectivity index (χ1v) is 6.09. The van der Waals surface area contributed by atoms with Crippen molar-refractivity contribution in [3.05, 3.63) is 29.8 Å². The van der Waals surface area contributed by atoms with E-state index in [1.54, 1.807) is 19.2 Å². The quantitative estimate of drug-likeness (QED) is 0.824. The Morgan fingerprint density at radius 1 is 1.22 bits per heavy atom. The molecule has 1 aliphatic rings. The van der Waals surface area contributed by atoms with E-state index in [0.29, 0.717) is 30.6 Å². The fraction of sp³-hybridized carbons (Fsp3) is 0.429. The lowest BCUT2D eigenvalue weighted by Crippen LogP contribution is -2.37. The van der Waals surface area contributed by atoms with Crippen molar-refractivity contribution in [3.8, 4) is 5.75 Å². The molecule has 1 atom stereocenters. The first-order valence-electron chi connectivity index (χ1n) is 6.09. The molecule has 0 radical (unpaired) electrons. The van der Waals surface area contributed by atoms with Crippen LogP contribution >= 0.6 is 0 Å². The number of hydrogen-bond acceptors (Lipinski definition) is 4. The van der Waals surface area contributed by atoms with Crippen molar-refractivity contribution in [2.24, 2.45) is 11.7 Å². The normalized spacial score (nSPS) is 18.8. The van der Waals surface area contributed by atoms with Gasteiger partial charge in [0.1, 0.15) is 17.3 Å². The summed E-state index contributed by atoms with van der Waals surface area (Å²) in [6.45, 7) is 0. The van der Waals surface area contributed by atoms with E-state index in [0.717, 1.165) is 0 Å². The molecule has 0 spiro atoms. The van der Waals surface area contributed by atoms with Crippen LogP contribution in [0.15, 0.2) is 24.3 Å². The van der Waals surface area contributed by atoms with Gasteiger partial charge in [-0.05, 0) is 12.5 Å². The van der Waals surface area contributed by atoms with Crippen molar-refractivity contribution in [1.82, 2.24) is 0 Å². The molecule has 2 rings (SSSR count). The van der Waals surface area contributed by atoms with E-state index < -0.39 is 12.0 Å². The van der Waals surface area contributed by atoms with Gasteiger partial charge >= 0.3 is 0 Å². The van der Waals surface area contributed by atoms with E-state index in [4.69, 9.17) is 10.5 Å². The minimum absolute atomic E-state index is 0.0512. The van der Waals surface area contributed by atoms with Crippen LogP contribution in [0.1, 0.15) is 30.9 Å². The first kappa shape index (κ1) is 12.8. The van der Waals surface area contributed by atoms with Gasteiger partial charge in [0.05, 0.1) is 19.1 Å². The van der Waals surface area contributed by atoms with Gasteiger partial charge in [-0.2, -0.15) is 0 Å². The monoisotopic (exact) mass is 247 g/mol. The molecule has 0 aliphatic heterocycles. The van der Waals surface area contributed by atoms with Crippen molar-refractivity contribution in [2.75, 3.05) is 7.11 Å². The Kier molecular flexibility index (Phi) is 3.77. The maximum Gasteiger partial charge on any atom is 0.145 e. The highest BCUT2D eigenvalue weighted by Crippen LogP contribution is 2.32. The van der Waals surface area contributed by atoms with E-state index in [1.165, 1.54) is 0 Å². The van der Waals surface area contributed by atoms with E-state index in [9.17, 15) is 9.59 Å². The van der Waals surface area contributed by atoms with Gasteiger partial charge in [-0.1, -0.05) is 18.2 Å². The Morgan fingerprint density at radius 3 is 2.44 bits per heavy atom. The average Bonchev–Trinajstić information content (AvgIpc) is 2.38. The minimum Gasteiger partial charge on any atom is -0.496 e. The number of ketones is 2. The summed E-state index contributed by atoms with van der Waals surface area (Å²) in [5.41, 5.74) is 6.82. The van der Waals surface area contributed by atoms with E-state index >= 15 is 0 Å². The average molecular weight is 247 g/mol. The van der Waals surface area contributed by atoms with Gasteiger partial charge < -0.3 is 10.5 Å². The van der Waals surface area contributed by atoms with Crippen LogP contribution in [0, 0.1) is 5.92 Å². The van der Waals surface area contributed by atoms with Crippen LogP contribution in [0.5, 0.6) is 5.75 Å². The molecular formula is C14H17NO3. The molecule has 0 heterocycles. The Balaban J connectivity index is 2.32. The molecule has 18 heavy (non-hydrogen) atoms. The minimum atomic E-state index is -0.713. The number of nitrogens with two attached hydrogens (primary N) is 1. The topological polar surface area (TPSA) is 69.4 Å². The predicted molar refractivity (Wildman–Crippen MR) is 67.3 cm³/mol. The highest BCUT2D eigenvalue weighted by atomic mass is 16.5. The van der Waals surface area contributed by atoms with Gasteiger partial charge in [-0.15, -0.1) is 0 Å². The van der Waals surface area contributed by atoms with Crippen molar-refractivity contribution in [2.45, 2.75) is 25.3 Å². The van der Waals surface area contributed by atoms with Gasteiger partial charge in [0.2, 0.25) is 0 Å². The number of ether oxygens (including phenoxy) is 1. The fourth-order valence-corrected chi connectivity index (χ4v) is 2.45. The fourth-order valence-electron chi connectivity index (χ4n) is 2.45. The van der Waals surface area contributed by atoms with Gasteiger partial charge in [0.25, 0.3) is 0 Å². The van der Waals surface area contributed by atoms with Crippen LogP contribution < -0.4 is 10.5 Å². The SMILES string of the molecule is COc1ccccc1C(N)C1C(=O)CCCC1=O. The maximum atomic E-state index is 11.9. The molecular weight excluding hydrogens is 230 g/mol. The standard InChI is InChI=1S/C14H17NO3/c1-18-12-8-3-2-5-9(12)14(15)13-10(16)6-4-7-11(13)17/h2-3,5,8,13-14H,4,6-7,15H2,1H3. The number of benzene rings is 1. The zero-order chi connectivity index (χ0) is 13.1. The molecule has 1 saturated carbocycles. The number of para-hydroxylation sites is 1. The first-order chi connectivity index (χ1) is 8.65. The van der Waals surface area contributed by atoms with Crippen molar-refractivity contribution in [1.29, 1.82) is 0 Å². The summed E-state index contributed by atoms with van der Waals surface area (Å²) in [6, 6.07) is 6.64. The number of carbonyl (C=O) groups excluding carboxylic acids is 2. The largest absolute Gasteiger partial charge is 0.496 e. The molecule has 1 aromatic rings. The zero-order valence-corrected chi connectivity index (χ0v) is 10.4. The summed E-state index contributed by atoms with van der Waals surface area (Å²) in [5.74, 6) is -0.194. The van der Waals surface area contributed by atoms with Crippen molar-refractivity contribution >= 4 is 11.6 Å². The molecule has 0 amide bonds.